The second-order valence-corrected chi connectivity index (χ2v) is 8.02. The number of hydrogen-bond donors (Lipinski definition) is 1. The van der Waals surface area contributed by atoms with E-state index < -0.39 is 0 Å². The van der Waals surface area contributed by atoms with Crippen LogP contribution in [-0.4, -0.2) is 92.7 Å². The molecule has 0 aromatic heterocycles. The Bertz CT molecular complexity index is 620. The standard InChI is InChI=1S/C21H33N5O.HI/c1-22-21(23-13-20-15-24-9-11-25(20)12-10-24)26-8-7-19(14-26)17-27-16-18-5-3-2-4-6-18;/h2-6,19-20H,7-17H2,1H3,(H,22,23);1H. The third kappa shape index (κ3) is 5.58. The third-order valence-corrected chi connectivity index (χ3v) is 6.15. The number of rotatable bonds is 6. The maximum atomic E-state index is 5.95. The van der Waals surface area contributed by atoms with E-state index in [1.807, 2.05) is 13.1 Å². The maximum Gasteiger partial charge on any atom is 0.193 e. The van der Waals surface area contributed by atoms with Gasteiger partial charge in [0.25, 0.3) is 0 Å². The van der Waals surface area contributed by atoms with Crippen molar-refractivity contribution >= 4 is 29.9 Å². The van der Waals surface area contributed by atoms with E-state index in [1.165, 1.54) is 44.7 Å². The number of nitrogens with one attached hydrogen (secondary N) is 1. The highest BCUT2D eigenvalue weighted by Gasteiger charge is 2.32. The van der Waals surface area contributed by atoms with Gasteiger partial charge in [-0.25, -0.2) is 0 Å². The van der Waals surface area contributed by atoms with Gasteiger partial charge in [0.05, 0.1) is 13.2 Å². The van der Waals surface area contributed by atoms with E-state index >= 15 is 0 Å². The second kappa shape index (κ2) is 10.8. The summed E-state index contributed by atoms with van der Waals surface area (Å²) < 4.78 is 5.95. The lowest BCUT2D eigenvalue weighted by molar-refractivity contribution is 0.0152. The van der Waals surface area contributed by atoms with Crippen LogP contribution < -0.4 is 5.32 Å². The molecule has 5 rings (SSSR count). The topological polar surface area (TPSA) is 43.3 Å². The first-order valence-electron chi connectivity index (χ1n) is 10.4. The fraction of sp³-hybridized carbons (Fsp3) is 0.667. The van der Waals surface area contributed by atoms with Gasteiger partial charge in [-0.2, -0.15) is 0 Å². The Labute approximate surface area is 186 Å². The molecule has 7 heteroatoms. The lowest BCUT2D eigenvalue weighted by Crippen LogP contribution is -2.63. The minimum absolute atomic E-state index is 0. The quantitative estimate of drug-likeness (QED) is 0.367. The molecule has 2 unspecified atom stereocenters. The number of aliphatic imine (C=N–C) groups is 1. The van der Waals surface area contributed by atoms with Crippen LogP contribution in [0.3, 0.4) is 0 Å². The Kier molecular flexibility index (Phi) is 8.37. The van der Waals surface area contributed by atoms with Gasteiger partial charge in [0.2, 0.25) is 0 Å². The number of nitrogens with zero attached hydrogens (tertiary/aromatic N) is 4. The maximum absolute atomic E-state index is 5.95. The number of halogens is 1. The molecule has 0 amide bonds. The minimum atomic E-state index is 0. The molecular weight excluding hydrogens is 465 g/mol. The molecule has 0 spiro atoms. The van der Waals surface area contributed by atoms with Gasteiger partial charge < -0.3 is 15.0 Å². The smallest absolute Gasteiger partial charge is 0.193 e. The average Bonchev–Trinajstić information content (AvgIpc) is 3.19. The Balaban J connectivity index is 0.00000225. The van der Waals surface area contributed by atoms with Crippen molar-refractivity contribution in [1.29, 1.82) is 0 Å². The van der Waals surface area contributed by atoms with Crippen molar-refractivity contribution < 1.29 is 4.74 Å². The Morgan fingerprint density at radius 2 is 1.89 bits per heavy atom. The van der Waals surface area contributed by atoms with E-state index in [2.05, 4.69) is 49.3 Å². The predicted octanol–water partition coefficient (Wildman–Crippen LogP) is 1.72. The third-order valence-electron chi connectivity index (χ3n) is 6.15. The van der Waals surface area contributed by atoms with Gasteiger partial charge in [0.15, 0.2) is 5.96 Å². The van der Waals surface area contributed by atoms with Crippen LogP contribution in [0.1, 0.15) is 12.0 Å². The summed E-state index contributed by atoms with van der Waals surface area (Å²) in [6.07, 6.45) is 1.18. The van der Waals surface area contributed by atoms with Gasteiger partial charge in [-0.3, -0.25) is 14.8 Å². The first kappa shape index (κ1) is 21.8. The fourth-order valence-electron chi connectivity index (χ4n) is 4.54. The van der Waals surface area contributed by atoms with Crippen molar-refractivity contribution in [2.75, 3.05) is 66.0 Å². The summed E-state index contributed by atoms with van der Waals surface area (Å²) in [4.78, 5) is 12.2. The zero-order chi connectivity index (χ0) is 18.5. The fourth-order valence-corrected chi connectivity index (χ4v) is 4.54. The number of piperazine rings is 3. The van der Waals surface area contributed by atoms with Crippen molar-refractivity contribution in [3.05, 3.63) is 35.9 Å². The molecule has 0 radical (unpaired) electrons. The zero-order valence-corrected chi connectivity index (χ0v) is 19.3. The van der Waals surface area contributed by atoms with Crippen molar-refractivity contribution in [2.24, 2.45) is 10.9 Å². The molecule has 28 heavy (non-hydrogen) atoms. The molecular formula is C21H34IN5O. The van der Waals surface area contributed by atoms with Crippen LogP contribution in [0.4, 0.5) is 0 Å². The van der Waals surface area contributed by atoms with Crippen LogP contribution in [0, 0.1) is 5.92 Å². The molecule has 1 aromatic rings. The Morgan fingerprint density at radius 3 is 2.57 bits per heavy atom. The van der Waals surface area contributed by atoms with Gasteiger partial charge in [-0.1, -0.05) is 30.3 Å². The van der Waals surface area contributed by atoms with E-state index in [4.69, 9.17) is 4.74 Å². The van der Waals surface area contributed by atoms with E-state index in [9.17, 15) is 0 Å². The Morgan fingerprint density at radius 1 is 1.11 bits per heavy atom. The molecule has 0 aliphatic carbocycles. The second-order valence-electron chi connectivity index (χ2n) is 8.02. The van der Waals surface area contributed by atoms with Crippen LogP contribution in [0.2, 0.25) is 0 Å². The SMILES string of the molecule is CN=C(NCC1CN2CCN1CC2)N1CCC(COCc2ccccc2)C1.I. The predicted molar refractivity (Wildman–Crippen MR) is 124 cm³/mol. The molecule has 4 heterocycles. The monoisotopic (exact) mass is 499 g/mol. The van der Waals surface area contributed by atoms with E-state index in [1.54, 1.807) is 0 Å². The first-order valence-corrected chi connectivity index (χ1v) is 10.4. The number of benzene rings is 1. The number of likely N-dealkylation sites (tertiary alicyclic amines) is 1. The molecule has 1 aromatic carbocycles. The normalized spacial score (nSPS) is 29.6. The molecule has 6 nitrogen and oxygen atoms in total. The summed E-state index contributed by atoms with van der Waals surface area (Å²) in [5.41, 5.74) is 1.25. The van der Waals surface area contributed by atoms with Crippen LogP contribution in [0.5, 0.6) is 0 Å². The molecule has 1 N–H and O–H groups in total. The van der Waals surface area contributed by atoms with Gasteiger partial charge >= 0.3 is 0 Å². The number of hydrogen-bond acceptors (Lipinski definition) is 4. The molecule has 0 saturated carbocycles. The van der Waals surface area contributed by atoms with Crippen LogP contribution in [0.25, 0.3) is 0 Å². The van der Waals surface area contributed by atoms with Crippen LogP contribution in [-0.2, 0) is 11.3 Å². The average molecular weight is 499 g/mol. The molecule has 4 aliphatic rings. The number of ether oxygens (including phenoxy) is 1. The molecule has 4 fully saturated rings. The highest BCUT2D eigenvalue weighted by molar-refractivity contribution is 14.0. The summed E-state index contributed by atoms with van der Waals surface area (Å²) in [7, 11) is 1.90. The summed E-state index contributed by atoms with van der Waals surface area (Å²) in [6, 6.07) is 11.0. The van der Waals surface area contributed by atoms with Gasteiger partial charge in [-0.05, 0) is 12.0 Å². The number of fused-ring (bicyclic) bond motifs is 3. The molecule has 4 aliphatic heterocycles. The summed E-state index contributed by atoms with van der Waals surface area (Å²) in [5, 5.41) is 3.64. The van der Waals surface area contributed by atoms with E-state index in [0.717, 1.165) is 32.2 Å². The molecule has 2 atom stereocenters. The van der Waals surface area contributed by atoms with Gasteiger partial charge in [0.1, 0.15) is 0 Å². The van der Waals surface area contributed by atoms with Gasteiger partial charge in [0, 0.05) is 71.4 Å². The van der Waals surface area contributed by atoms with E-state index in [0.29, 0.717) is 18.6 Å². The zero-order valence-electron chi connectivity index (χ0n) is 16.9. The molecule has 2 bridgehead atoms. The van der Waals surface area contributed by atoms with Crippen LogP contribution in [0.15, 0.2) is 35.3 Å². The summed E-state index contributed by atoms with van der Waals surface area (Å²) in [6.45, 7) is 10.7. The largest absolute Gasteiger partial charge is 0.376 e. The van der Waals surface area contributed by atoms with Crippen LogP contribution >= 0.6 is 24.0 Å². The highest BCUT2D eigenvalue weighted by Crippen LogP contribution is 2.18. The molecule has 4 saturated heterocycles. The lowest BCUT2D eigenvalue weighted by Gasteiger charge is -2.47. The summed E-state index contributed by atoms with van der Waals surface area (Å²) >= 11 is 0. The first-order chi connectivity index (χ1) is 13.3. The number of guanidine groups is 1. The summed E-state index contributed by atoms with van der Waals surface area (Å²) in [5.74, 6) is 1.64. The Hall–Kier alpha value is -0.900. The van der Waals surface area contributed by atoms with Crippen molar-refractivity contribution in [3.63, 3.8) is 0 Å². The lowest BCUT2D eigenvalue weighted by atomic mass is 10.1. The van der Waals surface area contributed by atoms with Gasteiger partial charge in [-0.15, -0.1) is 24.0 Å². The highest BCUT2D eigenvalue weighted by atomic mass is 127. The van der Waals surface area contributed by atoms with Crippen molar-refractivity contribution in [3.8, 4) is 0 Å². The molecule has 156 valence electrons. The minimum Gasteiger partial charge on any atom is -0.376 e. The van der Waals surface area contributed by atoms with Crippen molar-refractivity contribution in [1.82, 2.24) is 20.0 Å². The van der Waals surface area contributed by atoms with E-state index in [-0.39, 0.29) is 24.0 Å². The van der Waals surface area contributed by atoms with Crippen molar-refractivity contribution in [2.45, 2.75) is 19.1 Å².